The van der Waals surface area contributed by atoms with E-state index in [0.717, 1.165) is 0 Å². The average molecular weight is 622 g/mol. The third-order valence-corrected chi connectivity index (χ3v) is 7.49. The molecule has 15 heteroatoms. The van der Waals surface area contributed by atoms with E-state index in [2.05, 4.69) is 16.0 Å². The van der Waals surface area contributed by atoms with Crippen LogP contribution in [-0.2, 0) is 28.5 Å². The van der Waals surface area contributed by atoms with Crippen molar-refractivity contribution in [1.82, 2.24) is 16.0 Å². The van der Waals surface area contributed by atoms with Crippen LogP contribution in [0.3, 0.4) is 0 Å². The summed E-state index contributed by atoms with van der Waals surface area (Å²) in [5, 5.41) is 25.4. The topological polar surface area (TPSA) is 207 Å². The normalized spacial score (nSPS) is 13.4. The maximum atomic E-state index is 14.2. The van der Waals surface area contributed by atoms with Crippen LogP contribution in [0.5, 0.6) is 11.5 Å². The molecule has 0 fully saturated rings. The van der Waals surface area contributed by atoms with Crippen molar-refractivity contribution in [1.29, 1.82) is 0 Å². The summed E-state index contributed by atoms with van der Waals surface area (Å²) < 4.78 is 30.8. The summed E-state index contributed by atoms with van der Waals surface area (Å²) >= 11 is 0. The number of amides is 3. The second-order valence-corrected chi connectivity index (χ2v) is 12.4. The van der Waals surface area contributed by atoms with Gasteiger partial charge in [0.05, 0.1) is 6.42 Å². The molecule has 3 amide bonds. The lowest BCUT2D eigenvalue weighted by atomic mass is 10.1. The van der Waals surface area contributed by atoms with Gasteiger partial charge in [-0.1, -0.05) is 36.4 Å². The number of para-hydroxylation sites is 2. The number of hydrogen-bond acceptors (Lipinski definition) is 9. The number of carbonyl (C=O) groups is 5. The first-order valence-electron chi connectivity index (χ1n) is 13.2. The lowest BCUT2D eigenvalue weighted by molar-refractivity contribution is -0.140. The molecule has 234 valence electrons. The van der Waals surface area contributed by atoms with Gasteiger partial charge in [0.15, 0.2) is 5.78 Å². The van der Waals surface area contributed by atoms with E-state index in [1.165, 1.54) is 31.2 Å². The van der Waals surface area contributed by atoms with Crippen molar-refractivity contribution >= 4 is 37.4 Å². The fourth-order valence-electron chi connectivity index (χ4n) is 3.47. The van der Waals surface area contributed by atoms with Crippen LogP contribution >= 0.6 is 7.60 Å². The first kappa shape index (κ1) is 34.6. The van der Waals surface area contributed by atoms with E-state index in [9.17, 15) is 38.8 Å². The predicted octanol–water partition coefficient (Wildman–Crippen LogP) is 3.52. The Morgan fingerprint density at radius 3 is 1.74 bits per heavy atom. The first-order valence-corrected chi connectivity index (χ1v) is 14.8. The molecule has 43 heavy (non-hydrogen) atoms. The summed E-state index contributed by atoms with van der Waals surface area (Å²) in [5.74, 6) is -5.81. The van der Waals surface area contributed by atoms with Crippen molar-refractivity contribution in [2.75, 3.05) is 0 Å². The quantitative estimate of drug-likeness (QED) is 0.182. The van der Waals surface area contributed by atoms with Gasteiger partial charge >= 0.3 is 25.6 Å². The van der Waals surface area contributed by atoms with E-state index in [1.807, 2.05) is 0 Å². The van der Waals surface area contributed by atoms with Crippen LogP contribution in [0.1, 0.15) is 47.0 Å². The van der Waals surface area contributed by atoms with Crippen molar-refractivity contribution in [3.05, 3.63) is 60.7 Å². The zero-order valence-corrected chi connectivity index (χ0v) is 25.0. The zero-order chi connectivity index (χ0) is 32.2. The molecule has 0 aliphatic rings. The minimum Gasteiger partial charge on any atom is -0.481 e. The first-order chi connectivity index (χ1) is 20.1. The van der Waals surface area contributed by atoms with Gasteiger partial charge in [-0.2, -0.15) is 0 Å². The number of ether oxygens (including phenoxy) is 1. The molecule has 0 saturated carbocycles. The van der Waals surface area contributed by atoms with Gasteiger partial charge in [-0.05, 0) is 58.4 Å². The highest BCUT2D eigenvalue weighted by Gasteiger charge is 2.42. The van der Waals surface area contributed by atoms with Gasteiger partial charge < -0.3 is 39.9 Å². The minimum absolute atomic E-state index is 0.127. The molecule has 0 aliphatic carbocycles. The zero-order valence-electron chi connectivity index (χ0n) is 24.1. The molecule has 0 bridgehead atoms. The summed E-state index contributed by atoms with van der Waals surface area (Å²) in [6, 6.07) is 12.9. The third kappa shape index (κ3) is 12.4. The Bertz CT molecular complexity index is 1270. The van der Waals surface area contributed by atoms with E-state index >= 15 is 0 Å². The summed E-state index contributed by atoms with van der Waals surface area (Å²) in [6.45, 7) is 5.99. The van der Waals surface area contributed by atoms with Gasteiger partial charge in [0, 0.05) is 6.42 Å². The highest BCUT2D eigenvalue weighted by molar-refractivity contribution is 7.55. The molecule has 3 atom stereocenters. The molecule has 0 radical (unpaired) electrons. The molecule has 5 N–H and O–H groups in total. The summed E-state index contributed by atoms with van der Waals surface area (Å²) in [6.07, 6.45) is -2.75. The van der Waals surface area contributed by atoms with Gasteiger partial charge in [-0.3, -0.25) is 19.2 Å². The molecule has 0 spiro atoms. The van der Waals surface area contributed by atoms with Crippen molar-refractivity contribution in [3.63, 3.8) is 0 Å². The number of rotatable bonds is 15. The fourth-order valence-corrected chi connectivity index (χ4v) is 5.33. The van der Waals surface area contributed by atoms with Gasteiger partial charge in [0.25, 0.3) is 0 Å². The van der Waals surface area contributed by atoms with Crippen molar-refractivity contribution in [2.45, 2.75) is 70.4 Å². The predicted molar refractivity (Wildman–Crippen MR) is 154 cm³/mol. The second-order valence-electron chi connectivity index (χ2n) is 10.3. The number of hydrogen-bond donors (Lipinski definition) is 5. The van der Waals surface area contributed by atoms with E-state index in [4.69, 9.17) is 13.8 Å². The Balaban J connectivity index is 2.29. The van der Waals surface area contributed by atoms with Crippen LogP contribution in [-0.4, -0.2) is 63.5 Å². The maximum absolute atomic E-state index is 14.2. The lowest BCUT2D eigenvalue weighted by Crippen LogP contribution is -2.55. The third-order valence-electron chi connectivity index (χ3n) is 5.41. The smallest absolute Gasteiger partial charge is 0.452 e. The number of aliphatic carboxylic acids is 2. The second kappa shape index (κ2) is 15.6. The van der Waals surface area contributed by atoms with Crippen LogP contribution in [0.2, 0.25) is 0 Å². The highest BCUT2D eigenvalue weighted by Crippen LogP contribution is 2.53. The molecule has 0 saturated heterocycles. The molecular weight excluding hydrogens is 585 g/mol. The molecule has 0 heterocycles. The largest absolute Gasteiger partial charge is 0.481 e. The minimum atomic E-state index is -4.39. The Hall–Kier alpha value is -4.58. The molecule has 0 aliphatic heterocycles. The van der Waals surface area contributed by atoms with Gasteiger partial charge in [-0.15, -0.1) is 0 Å². The number of benzene rings is 2. The van der Waals surface area contributed by atoms with E-state index in [1.54, 1.807) is 57.2 Å². The Kier molecular flexibility index (Phi) is 12.6. The number of alkyl carbamates (subject to hydrolysis) is 1. The van der Waals surface area contributed by atoms with Gasteiger partial charge in [-0.25, -0.2) is 9.36 Å². The van der Waals surface area contributed by atoms with E-state index < -0.39 is 73.8 Å². The molecular formula is C28H36N3O11P. The fraction of sp³-hybridized carbons (Fsp3) is 0.393. The Morgan fingerprint density at radius 2 is 1.30 bits per heavy atom. The van der Waals surface area contributed by atoms with Crippen LogP contribution in [0.15, 0.2) is 60.7 Å². The van der Waals surface area contributed by atoms with Crippen LogP contribution in [0, 0.1) is 0 Å². The molecule has 2 aromatic carbocycles. The lowest BCUT2D eigenvalue weighted by Gasteiger charge is -2.29. The molecule has 0 aromatic heterocycles. The number of carboxylic acid groups (broad SMARTS) is 2. The van der Waals surface area contributed by atoms with Crippen LogP contribution in [0.25, 0.3) is 0 Å². The van der Waals surface area contributed by atoms with Gasteiger partial charge in [0.1, 0.15) is 29.2 Å². The average Bonchev–Trinajstić information content (AvgIpc) is 2.90. The maximum Gasteiger partial charge on any atom is 0.452 e. The molecule has 2 rings (SSSR count). The molecule has 2 aromatic rings. The Labute approximate surface area is 248 Å². The van der Waals surface area contributed by atoms with Gasteiger partial charge in [0.2, 0.25) is 11.8 Å². The van der Waals surface area contributed by atoms with E-state index in [0.29, 0.717) is 0 Å². The number of nitrogens with one attached hydrogen (secondary N) is 3. The van der Waals surface area contributed by atoms with Crippen molar-refractivity contribution in [3.8, 4) is 11.5 Å². The summed E-state index contributed by atoms with van der Waals surface area (Å²) in [7, 11) is -4.39. The highest BCUT2D eigenvalue weighted by atomic mass is 31.2. The van der Waals surface area contributed by atoms with Crippen LogP contribution < -0.4 is 25.0 Å². The van der Waals surface area contributed by atoms with Crippen molar-refractivity contribution in [2.24, 2.45) is 0 Å². The standard InChI is InChI=1S/C28H36N3O11P/c1-18(29-26(37)21(17-24(34)35)30-27(38)40-28(2,3)4)25(36)31-22(15-16-23(32)33)43(39,41-19-11-7-5-8-12-19)42-20-13-9-6-10-14-20/h5-14,18,21-22H,15-17H2,1-4H3,(H,29,37)(H,30,38)(H,31,36)(H,32,33)(H,34,35)/t18-,21-,22?/m0/s1. The van der Waals surface area contributed by atoms with E-state index in [-0.39, 0.29) is 17.9 Å². The number of carboxylic acids is 2. The monoisotopic (exact) mass is 621 g/mol. The molecule has 14 nitrogen and oxygen atoms in total. The van der Waals surface area contributed by atoms with Crippen molar-refractivity contribution < 1.29 is 52.5 Å². The molecule has 1 unspecified atom stereocenters. The van der Waals surface area contributed by atoms with Crippen LogP contribution in [0.4, 0.5) is 4.79 Å². The Morgan fingerprint density at radius 1 is 0.791 bits per heavy atom. The number of carbonyl (C=O) groups excluding carboxylic acids is 3. The summed E-state index contributed by atoms with van der Waals surface area (Å²) in [5.41, 5.74) is -0.927. The SMILES string of the molecule is C[C@H](NC(=O)[C@H](CC(=O)O)NC(=O)OC(C)(C)C)C(=O)NC(CCC(=O)O)P(=O)(Oc1ccccc1)Oc1ccccc1. The summed E-state index contributed by atoms with van der Waals surface area (Å²) in [4.78, 5) is 61.0.